The summed E-state index contributed by atoms with van der Waals surface area (Å²) in [6.07, 6.45) is 1.25. The molecule has 1 heterocycles. The van der Waals surface area contributed by atoms with E-state index in [1.165, 1.54) is 6.07 Å². The topological polar surface area (TPSA) is 71.5 Å². The van der Waals surface area contributed by atoms with Crippen LogP contribution in [0.5, 0.6) is 0 Å². The second-order valence-corrected chi connectivity index (χ2v) is 7.48. The van der Waals surface area contributed by atoms with E-state index in [0.717, 1.165) is 11.2 Å². The second kappa shape index (κ2) is 5.62. The lowest BCUT2D eigenvalue weighted by molar-refractivity contribution is -0.128. The Bertz CT molecular complexity index is 902. The average Bonchev–Trinajstić information content (AvgIpc) is 2.51. The lowest BCUT2D eigenvalue weighted by atomic mass is 9.98. The monoisotopic (exact) mass is 329 g/mol. The molecular formula is C17H15NO4S. The summed E-state index contributed by atoms with van der Waals surface area (Å²) in [5.74, 6) is -0.711. The quantitative estimate of drug-likeness (QED) is 0.805. The summed E-state index contributed by atoms with van der Waals surface area (Å²) in [5.41, 5.74) is 1.63. The van der Waals surface area contributed by atoms with Gasteiger partial charge in [-0.25, -0.2) is 8.42 Å². The molecule has 0 spiro atoms. The molecule has 0 saturated heterocycles. The van der Waals surface area contributed by atoms with E-state index in [2.05, 4.69) is 0 Å². The Morgan fingerprint density at radius 1 is 1.00 bits per heavy atom. The Hall–Kier alpha value is -2.47. The van der Waals surface area contributed by atoms with Crippen molar-refractivity contribution in [3.63, 3.8) is 0 Å². The Morgan fingerprint density at radius 3 is 2.39 bits per heavy atom. The molecule has 0 aromatic heterocycles. The minimum atomic E-state index is -3.43. The fraction of sp³-hybridized carbons (Fsp3) is 0.176. The summed E-state index contributed by atoms with van der Waals surface area (Å²) in [5, 5.41) is 0. The van der Waals surface area contributed by atoms with E-state index in [0.29, 0.717) is 16.7 Å². The molecule has 0 bridgehead atoms. The molecule has 5 nitrogen and oxygen atoms in total. The van der Waals surface area contributed by atoms with Crippen LogP contribution < -0.4 is 0 Å². The number of amides is 2. The molecule has 1 aliphatic rings. The predicted octanol–water partition coefficient (Wildman–Crippen LogP) is 1.82. The van der Waals surface area contributed by atoms with Gasteiger partial charge in [-0.15, -0.1) is 0 Å². The lowest BCUT2D eigenvalue weighted by Gasteiger charge is -2.27. The molecular weight excluding hydrogens is 314 g/mol. The van der Waals surface area contributed by atoms with Gasteiger partial charge in [-0.2, -0.15) is 0 Å². The van der Waals surface area contributed by atoms with E-state index in [9.17, 15) is 18.0 Å². The number of rotatable bonds is 3. The number of fused-ring (bicyclic) bond motifs is 1. The highest BCUT2D eigenvalue weighted by molar-refractivity contribution is 7.90. The highest BCUT2D eigenvalue weighted by atomic mass is 32.2. The lowest BCUT2D eigenvalue weighted by Crippen LogP contribution is -2.41. The first kappa shape index (κ1) is 15.4. The highest BCUT2D eigenvalue weighted by Crippen LogP contribution is 2.23. The van der Waals surface area contributed by atoms with Crippen LogP contribution in [-0.2, 0) is 27.6 Å². The van der Waals surface area contributed by atoms with Crippen molar-refractivity contribution in [1.29, 1.82) is 0 Å². The van der Waals surface area contributed by atoms with Crippen LogP contribution in [0.3, 0.4) is 0 Å². The van der Waals surface area contributed by atoms with Gasteiger partial charge in [-0.1, -0.05) is 36.4 Å². The molecule has 2 aromatic rings. The maximum atomic E-state index is 12.5. The molecule has 0 atom stereocenters. The number of carbonyl (C=O) groups excluding carboxylic acids is 2. The number of carbonyl (C=O) groups is 2. The van der Waals surface area contributed by atoms with Crippen molar-refractivity contribution in [2.45, 2.75) is 17.9 Å². The number of benzene rings is 2. The number of nitrogens with zero attached hydrogens (tertiary/aromatic N) is 1. The van der Waals surface area contributed by atoms with Gasteiger partial charge in [0.05, 0.1) is 17.9 Å². The van der Waals surface area contributed by atoms with E-state index in [-0.39, 0.29) is 29.7 Å². The third-order valence-electron chi connectivity index (χ3n) is 3.84. The van der Waals surface area contributed by atoms with Crippen molar-refractivity contribution in [2.24, 2.45) is 0 Å². The second-order valence-electron chi connectivity index (χ2n) is 5.50. The average molecular weight is 329 g/mol. The maximum absolute atomic E-state index is 12.5. The number of hydrogen-bond acceptors (Lipinski definition) is 4. The SMILES string of the molecule is CS(=O)(=O)c1ccccc1CN1C(=O)Cc2ccccc2C1=O. The van der Waals surface area contributed by atoms with E-state index >= 15 is 0 Å². The number of hydrogen-bond donors (Lipinski definition) is 0. The van der Waals surface area contributed by atoms with Crippen LogP contribution >= 0.6 is 0 Å². The van der Waals surface area contributed by atoms with Crippen molar-refractivity contribution in [3.05, 3.63) is 65.2 Å². The molecule has 0 fully saturated rings. The molecule has 0 aliphatic carbocycles. The fourth-order valence-corrected chi connectivity index (χ4v) is 3.66. The zero-order valence-electron chi connectivity index (χ0n) is 12.5. The normalized spacial score (nSPS) is 14.7. The predicted molar refractivity (Wildman–Crippen MR) is 84.6 cm³/mol. The summed E-state index contributed by atoms with van der Waals surface area (Å²) < 4.78 is 23.7. The first-order valence-electron chi connectivity index (χ1n) is 7.08. The zero-order chi connectivity index (χ0) is 16.6. The molecule has 0 radical (unpaired) electrons. The maximum Gasteiger partial charge on any atom is 0.261 e. The van der Waals surface area contributed by atoms with Gasteiger partial charge in [0, 0.05) is 11.8 Å². The van der Waals surface area contributed by atoms with Gasteiger partial charge in [-0.3, -0.25) is 14.5 Å². The summed E-state index contributed by atoms with van der Waals surface area (Å²) in [6, 6.07) is 13.4. The van der Waals surface area contributed by atoms with Crippen molar-refractivity contribution in [2.75, 3.05) is 6.26 Å². The Balaban J connectivity index is 1.99. The molecule has 6 heteroatoms. The van der Waals surface area contributed by atoms with E-state index < -0.39 is 9.84 Å². The van der Waals surface area contributed by atoms with E-state index in [1.807, 2.05) is 0 Å². The molecule has 1 aliphatic heterocycles. The van der Waals surface area contributed by atoms with Gasteiger partial charge in [0.25, 0.3) is 5.91 Å². The van der Waals surface area contributed by atoms with Crippen molar-refractivity contribution < 1.29 is 18.0 Å². The molecule has 3 rings (SSSR count). The molecule has 0 unspecified atom stereocenters. The summed E-state index contributed by atoms with van der Waals surface area (Å²) in [7, 11) is -3.43. The van der Waals surface area contributed by atoms with Gasteiger partial charge < -0.3 is 0 Å². The van der Waals surface area contributed by atoms with Crippen LogP contribution in [0.15, 0.2) is 53.4 Å². The van der Waals surface area contributed by atoms with Crippen LogP contribution in [0.1, 0.15) is 21.5 Å². The first-order valence-corrected chi connectivity index (χ1v) is 8.97. The van der Waals surface area contributed by atoms with Crippen LogP contribution in [0, 0.1) is 0 Å². The fourth-order valence-electron chi connectivity index (χ4n) is 2.73. The van der Waals surface area contributed by atoms with Crippen molar-refractivity contribution >= 4 is 21.7 Å². The molecule has 0 saturated carbocycles. The largest absolute Gasteiger partial charge is 0.274 e. The van der Waals surface area contributed by atoms with Crippen LogP contribution in [0.25, 0.3) is 0 Å². The summed E-state index contributed by atoms with van der Waals surface area (Å²) in [4.78, 5) is 26.1. The van der Waals surface area contributed by atoms with Gasteiger partial charge in [0.2, 0.25) is 5.91 Å². The molecule has 2 amide bonds. The summed E-state index contributed by atoms with van der Waals surface area (Å²) >= 11 is 0. The van der Waals surface area contributed by atoms with Crippen molar-refractivity contribution in [1.82, 2.24) is 4.90 Å². The molecule has 118 valence electrons. The molecule has 0 N–H and O–H groups in total. The van der Waals surface area contributed by atoms with Gasteiger partial charge in [0.1, 0.15) is 0 Å². The van der Waals surface area contributed by atoms with Crippen LogP contribution in [0.2, 0.25) is 0 Å². The highest BCUT2D eigenvalue weighted by Gasteiger charge is 2.31. The smallest absolute Gasteiger partial charge is 0.261 e. The summed E-state index contributed by atoms with van der Waals surface area (Å²) in [6.45, 7) is -0.0464. The van der Waals surface area contributed by atoms with Gasteiger partial charge in [0.15, 0.2) is 9.84 Å². The van der Waals surface area contributed by atoms with Gasteiger partial charge >= 0.3 is 0 Å². The number of sulfone groups is 1. The third kappa shape index (κ3) is 2.90. The molecule has 23 heavy (non-hydrogen) atoms. The van der Waals surface area contributed by atoms with Crippen LogP contribution in [0.4, 0.5) is 0 Å². The van der Waals surface area contributed by atoms with Gasteiger partial charge in [-0.05, 0) is 23.3 Å². The van der Waals surface area contributed by atoms with Crippen LogP contribution in [-0.4, -0.2) is 31.4 Å². The Morgan fingerprint density at radius 2 is 1.65 bits per heavy atom. The minimum absolute atomic E-state index is 0.0464. The standard InChI is InChI=1S/C17H15NO4S/c1-23(21,22)15-9-5-3-7-13(15)11-18-16(19)10-12-6-2-4-8-14(12)17(18)20/h2-9H,10-11H2,1H3. The Kier molecular flexibility index (Phi) is 3.77. The van der Waals surface area contributed by atoms with E-state index in [4.69, 9.17) is 0 Å². The third-order valence-corrected chi connectivity index (χ3v) is 5.03. The zero-order valence-corrected chi connectivity index (χ0v) is 13.3. The molecule has 2 aromatic carbocycles. The Labute approximate surface area is 134 Å². The number of imide groups is 1. The first-order chi connectivity index (χ1) is 10.9. The van der Waals surface area contributed by atoms with E-state index in [1.54, 1.807) is 42.5 Å². The minimum Gasteiger partial charge on any atom is -0.274 e. The van der Waals surface area contributed by atoms with Crippen molar-refractivity contribution in [3.8, 4) is 0 Å².